The summed E-state index contributed by atoms with van der Waals surface area (Å²) in [6, 6.07) is 17.7. The van der Waals surface area contributed by atoms with Crippen LogP contribution in [0.5, 0.6) is 0 Å². The molecule has 0 aliphatic heterocycles. The number of aliphatic carboxylic acids is 1. The van der Waals surface area contributed by atoms with Crippen LogP contribution in [0.25, 0.3) is 23.2 Å². The van der Waals surface area contributed by atoms with Gasteiger partial charge in [0.2, 0.25) is 0 Å². The topological polar surface area (TPSA) is 55.1 Å². The molecule has 0 fully saturated rings. The lowest BCUT2D eigenvalue weighted by molar-refractivity contribution is -0.137. The predicted octanol–water partition coefficient (Wildman–Crippen LogP) is 3.68. The number of hydrogen-bond donors (Lipinski definition) is 1. The number of nitrogens with zero attached hydrogens (tertiary/aromatic N) is 2. The van der Waals surface area contributed by atoms with Gasteiger partial charge in [-0.15, -0.1) is 0 Å². The van der Waals surface area contributed by atoms with Gasteiger partial charge in [0.1, 0.15) is 5.82 Å². The molecule has 1 aromatic heterocycles. The number of para-hydroxylation sites is 2. The van der Waals surface area contributed by atoms with Crippen molar-refractivity contribution < 1.29 is 9.90 Å². The Bertz CT molecular complexity index is 819. The molecule has 0 spiro atoms. The zero-order valence-electron chi connectivity index (χ0n) is 12.0. The van der Waals surface area contributed by atoms with E-state index in [2.05, 4.69) is 4.98 Å². The van der Waals surface area contributed by atoms with Gasteiger partial charge in [-0.1, -0.05) is 48.5 Å². The summed E-state index contributed by atoms with van der Waals surface area (Å²) in [4.78, 5) is 15.5. The molecule has 3 aromatic rings. The van der Waals surface area contributed by atoms with E-state index in [0.29, 0.717) is 6.54 Å². The van der Waals surface area contributed by atoms with Crippen molar-refractivity contribution in [3.8, 4) is 0 Å². The van der Waals surface area contributed by atoms with E-state index < -0.39 is 5.97 Å². The first kappa shape index (κ1) is 14.1. The molecule has 0 bridgehead atoms. The monoisotopic (exact) mass is 292 g/mol. The van der Waals surface area contributed by atoms with E-state index in [4.69, 9.17) is 5.11 Å². The molecule has 0 aliphatic carbocycles. The number of carbonyl (C=O) groups is 1. The SMILES string of the molecule is O=C(O)CCn1c(/C=C/c2ccccc2)nc2ccccc21. The smallest absolute Gasteiger partial charge is 0.305 e. The molecule has 110 valence electrons. The lowest BCUT2D eigenvalue weighted by atomic mass is 10.2. The lowest BCUT2D eigenvalue weighted by Gasteiger charge is -2.04. The van der Waals surface area contributed by atoms with Crippen LogP contribution in [0.15, 0.2) is 54.6 Å². The Balaban J connectivity index is 1.98. The number of imidazole rings is 1. The maximum absolute atomic E-state index is 10.9. The molecular weight excluding hydrogens is 276 g/mol. The number of aromatic nitrogens is 2. The van der Waals surface area contributed by atoms with Crippen LogP contribution >= 0.6 is 0 Å². The molecule has 0 radical (unpaired) electrons. The van der Waals surface area contributed by atoms with E-state index >= 15 is 0 Å². The van der Waals surface area contributed by atoms with E-state index in [1.54, 1.807) is 0 Å². The van der Waals surface area contributed by atoms with Gasteiger partial charge in [0.15, 0.2) is 0 Å². The van der Waals surface area contributed by atoms with Gasteiger partial charge in [-0.25, -0.2) is 4.98 Å². The van der Waals surface area contributed by atoms with Crippen molar-refractivity contribution in [1.82, 2.24) is 9.55 Å². The van der Waals surface area contributed by atoms with Crippen LogP contribution in [0, 0.1) is 0 Å². The summed E-state index contributed by atoms with van der Waals surface area (Å²) in [6.45, 7) is 0.407. The van der Waals surface area contributed by atoms with Gasteiger partial charge in [-0.3, -0.25) is 4.79 Å². The van der Waals surface area contributed by atoms with Crippen LogP contribution in [0.1, 0.15) is 17.8 Å². The maximum atomic E-state index is 10.9. The van der Waals surface area contributed by atoms with Crippen molar-refractivity contribution in [2.45, 2.75) is 13.0 Å². The Morgan fingerprint density at radius 3 is 2.55 bits per heavy atom. The number of fused-ring (bicyclic) bond motifs is 1. The number of carboxylic acids is 1. The lowest BCUT2D eigenvalue weighted by Crippen LogP contribution is -2.06. The van der Waals surface area contributed by atoms with Crippen LogP contribution in [0.4, 0.5) is 0 Å². The average Bonchev–Trinajstić information content (AvgIpc) is 2.89. The Morgan fingerprint density at radius 1 is 1.05 bits per heavy atom. The van der Waals surface area contributed by atoms with E-state index in [-0.39, 0.29) is 6.42 Å². The molecule has 0 saturated heterocycles. The highest BCUT2D eigenvalue weighted by molar-refractivity contribution is 5.80. The highest BCUT2D eigenvalue weighted by Gasteiger charge is 2.09. The molecule has 1 heterocycles. The summed E-state index contributed by atoms with van der Waals surface area (Å²) in [5, 5.41) is 8.93. The van der Waals surface area contributed by atoms with Crippen molar-refractivity contribution >= 4 is 29.2 Å². The second-order valence-electron chi connectivity index (χ2n) is 5.00. The normalized spacial score (nSPS) is 11.3. The summed E-state index contributed by atoms with van der Waals surface area (Å²) in [5.41, 5.74) is 2.91. The number of aryl methyl sites for hydroxylation is 1. The quantitative estimate of drug-likeness (QED) is 0.780. The molecule has 3 rings (SSSR count). The summed E-state index contributed by atoms with van der Waals surface area (Å²) >= 11 is 0. The third-order valence-corrected chi connectivity index (χ3v) is 3.46. The fraction of sp³-hybridized carbons (Fsp3) is 0.111. The Morgan fingerprint density at radius 2 is 1.77 bits per heavy atom. The fourth-order valence-electron chi connectivity index (χ4n) is 2.40. The van der Waals surface area contributed by atoms with Gasteiger partial charge in [-0.05, 0) is 23.8 Å². The summed E-state index contributed by atoms with van der Waals surface area (Å²) in [7, 11) is 0. The zero-order chi connectivity index (χ0) is 15.4. The Kier molecular flexibility index (Phi) is 4.01. The van der Waals surface area contributed by atoms with Gasteiger partial charge < -0.3 is 9.67 Å². The van der Waals surface area contributed by atoms with Crippen molar-refractivity contribution in [2.24, 2.45) is 0 Å². The van der Waals surface area contributed by atoms with Crippen LogP contribution in [0.3, 0.4) is 0 Å². The summed E-state index contributed by atoms with van der Waals surface area (Å²) in [6.07, 6.45) is 3.99. The molecule has 0 unspecified atom stereocenters. The van der Waals surface area contributed by atoms with E-state index in [9.17, 15) is 4.79 Å². The molecular formula is C18H16N2O2. The van der Waals surface area contributed by atoms with Gasteiger partial charge in [0.25, 0.3) is 0 Å². The molecule has 0 saturated carbocycles. The minimum Gasteiger partial charge on any atom is -0.481 e. The van der Waals surface area contributed by atoms with Crippen LogP contribution in [-0.4, -0.2) is 20.6 Å². The van der Waals surface area contributed by atoms with Crippen LogP contribution < -0.4 is 0 Å². The highest BCUT2D eigenvalue weighted by atomic mass is 16.4. The predicted molar refractivity (Wildman–Crippen MR) is 87.4 cm³/mol. The Labute approximate surface area is 128 Å². The third-order valence-electron chi connectivity index (χ3n) is 3.46. The summed E-state index contributed by atoms with van der Waals surface area (Å²) in [5.74, 6) is -0.0397. The second kappa shape index (κ2) is 6.26. The van der Waals surface area contributed by atoms with Crippen molar-refractivity contribution in [3.05, 3.63) is 66.0 Å². The molecule has 4 heteroatoms. The molecule has 0 amide bonds. The Hall–Kier alpha value is -2.88. The first-order chi connectivity index (χ1) is 10.7. The first-order valence-corrected chi connectivity index (χ1v) is 7.14. The minimum absolute atomic E-state index is 0.0759. The van der Waals surface area contributed by atoms with Crippen LogP contribution in [0.2, 0.25) is 0 Å². The fourth-order valence-corrected chi connectivity index (χ4v) is 2.40. The first-order valence-electron chi connectivity index (χ1n) is 7.14. The van der Waals surface area contributed by atoms with Crippen LogP contribution in [-0.2, 0) is 11.3 Å². The minimum atomic E-state index is -0.809. The van der Waals surface area contributed by atoms with Crippen molar-refractivity contribution in [3.63, 3.8) is 0 Å². The molecule has 0 atom stereocenters. The van der Waals surface area contributed by atoms with E-state index in [1.165, 1.54) is 0 Å². The standard InChI is InChI=1S/C18H16N2O2/c21-18(22)12-13-20-16-9-5-4-8-15(16)19-17(20)11-10-14-6-2-1-3-7-14/h1-11H,12-13H2,(H,21,22)/b11-10+. The van der Waals surface area contributed by atoms with E-state index in [1.807, 2.05) is 71.3 Å². The third kappa shape index (κ3) is 3.06. The molecule has 1 N–H and O–H groups in total. The van der Waals surface area contributed by atoms with E-state index in [0.717, 1.165) is 22.4 Å². The van der Waals surface area contributed by atoms with Gasteiger partial charge in [-0.2, -0.15) is 0 Å². The largest absolute Gasteiger partial charge is 0.481 e. The molecule has 0 aliphatic rings. The number of hydrogen-bond acceptors (Lipinski definition) is 2. The van der Waals surface area contributed by atoms with Gasteiger partial charge in [0.05, 0.1) is 17.5 Å². The molecule has 4 nitrogen and oxygen atoms in total. The van der Waals surface area contributed by atoms with Crippen molar-refractivity contribution in [1.29, 1.82) is 0 Å². The zero-order valence-corrected chi connectivity index (χ0v) is 12.0. The van der Waals surface area contributed by atoms with Gasteiger partial charge in [0, 0.05) is 6.54 Å². The number of carboxylic acid groups (broad SMARTS) is 1. The maximum Gasteiger partial charge on any atom is 0.305 e. The molecule has 22 heavy (non-hydrogen) atoms. The number of benzene rings is 2. The molecule has 2 aromatic carbocycles. The highest BCUT2D eigenvalue weighted by Crippen LogP contribution is 2.18. The summed E-state index contributed by atoms with van der Waals surface area (Å²) < 4.78 is 1.95. The average molecular weight is 292 g/mol. The number of rotatable bonds is 5. The second-order valence-corrected chi connectivity index (χ2v) is 5.00. The van der Waals surface area contributed by atoms with Crippen molar-refractivity contribution in [2.75, 3.05) is 0 Å². The van der Waals surface area contributed by atoms with Gasteiger partial charge >= 0.3 is 5.97 Å².